The molecular formula is C11H14N2O9Pt2. The number of carboxylic acid groups (broad SMARTS) is 4. The molecule has 0 aliphatic carbocycles. The molecule has 0 unspecified atom stereocenters. The van der Waals surface area contributed by atoms with E-state index < -0.39 is 69.2 Å². The standard InChI is InChI=1S/C11H18N2O9.2Pt/c14-7(1-12(3-8(15)16)4-9(17)18)2-13(5-10(19)20)6-11(21)22;;/h7,14H,1-6H2,(H,15,16)(H,17,18)(H,19,20)(H,21,22);;/q;2*+2/p-4. The van der Waals surface area contributed by atoms with Crippen molar-refractivity contribution in [3.05, 3.63) is 0 Å². The summed E-state index contributed by atoms with van der Waals surface area (Å²) in [5.41, 5.74) is 0. The Hall–Kier alpha value is -0.863. The fraction of sp³-hybridized carbons (Fsp3) is 0.636. The summed E-state index contributed by atoms with van der Waals surface area (Å²) >= 11 is 0. The molecular weight excluding hydrogens is 694 g/mol. The second-order valence-electron chi connectivity index (χ2n) is 4.48. The molecule has 0 rings (SSSR count). The van der Waals surface area contributed by atoms with Crippen LogP contribution in [0.25, 0.3) is 0 Å². The van der Waals surface area contributed by atoms with Crippen LogP contribution in [0.1, 0.15) is 0 Å². The van der Waals surface area contributed by atoms with Gasteiger partial charge in [0, 0.05) is 39.3 Å². The quantitative estimate of drug-likeness (QED) is 0.203. The molecule has 0 heterocycles. The van der Waals surface area contributed by atoms with Gasteiger partial charge in [-0.15, -0.1) is 0 Å². The molecule has 142 valence electrons. The number of aliphatic carboxylic acids is 4. The van der Waals surface area contributed by atoms with Gasteiger partial charge in [0.25, 0.3) is 0 Å². The summed E-state index contributed by atoms with van der Waals surface area (Å²) in [4.78, 5) is 43.4. The van der Waals surface area contributed by atoms with E-state index in [2.05, 4.69) is 0 Å². The SMILES string of the molecule is O=C([O-])CN(CC(=O)[O-])CC(O)CN(CC(=O)[O-])CC(=O)[O-].[Pt+2].[Pt+2]. The van der Waals surface area contributed by atoms with Gasteiger partial charge < -0.3 is 44.7 Å². The van der Waals surface area contributed by atoms with E-state index in [0.717, 1.165) is 9.80 Å². The van der Waals surface area contributed by atoms with Crippen LogP contribution in [-0.4, -0.2) is 84.2 Å². The van der Waals surface area contributed by atoms with Gasteiger partial charge in [0.1, 0.15) is 0 Å². The van der Waals surface area contributed by atoms with Gasteiger partial charge in [0.15, 0.2) is 0 Å². The van der Waals surface area contributed by atoms with Crippen LogP contribution in [0.4, 0.5) is 0 Å². The van der Waals surface area contributed by atoms with E-state index in [4.69, 9.17) is 0 Å². The molecule has 0 atom stereocenters. The number of nitrogens with zero attached hydrogens (tertiary/aromatic N) is 2. The summed E-state index contributed by atoms with van der Waals surface area (Å²) in [5.74, 6) is -6.35. The van der Waals surface area contributed by atoms with Crippen LogP contribution >= 0.6 is 0 Å². The Bertz CT molecular complexity index is 366. The van der Waals surface area contributed by atoms with E-state index in [1.165, 1.54) is 0 Å². The maximum Gasteiger partial charge on any atom is 2.00 e. The van der Waals surface area contributed by atoms with E-state index in [1.54, 1.807) is 0 Å². The van der Waals surface area contributed by atoms with Crippen LogP contribution in [0, 0.1) is 0 Å². The molecule has 11 nitrogen and oxygen atoms in total. The molecule has 1 N–H and O–H groups in total. The summed E-state index contributed by atoms with van der Waals surface area (Å²) < 4.78 is 0. The van der Waals surface area contributed by atoms with Crippen LogP contribution in [0.5, 0.6) is 0 Å². The van der Waals surface area contributed by atoms with Crippen molar-refractivity contribution >= 4 is 23.9 Å². The van der Waals surface area contributed by atoms with Crippen LogP contribution in [0.15, 0.2) is 0 Å². The first kappa shape index (κ1) is 28.0. The van der Waals surface area contributed by atoms with Crippen molar-refractivity contribution < 1.29 is 86.8 Å². The smallest absolute Gasteiger partial charge is 0.549 e. The fourth-order valence-electron chi connectivity index (χ4n) is 1.75. The van der Waals surface area contributed by atoms with Gasteiger partial charge in [0.2, 0.25) is 0 Å². The Balaban J connectivity index is -0.00000220. The molecule has 0 saturated carbocycles. The summed E-state index contributed by atoms with van der Waals surface area (Å²) in [5, 5.41) is 51.5. The van der Waals surface area contributed by atoms with Gasteiger partial charge in [-0.25, -0.2) is 0 Å². The normalized spacial score (nSPS) is 10.2. The van der Waals surface area contributed by atoms with Gasteiger partial charge in [0.05, 0.1) is 30.0 Å². The van der Waals surface area contributed by atoms with E-state index >= 15 is 0 Å². The minimum absolute atomic E-state index is 0. The van der Waals surface area contributed by atoms with Crippen molar-refractivity contribution in [2.24, 2.45) is 0 Å². The predicted molar refractivity (Wildman–Crippen MR) is 58.9 cm³/mol. The molecule has 0 aliphatic heterocycles. The zero-order valence-corrected chi connectivity index (χ0v) is 16.6. The molecule has 0 aromatic rings. The number of carbonyl (C=O) groups excluding carboxylic acids is 4. The predicted octanol–water partition coefficient (Wildman–Crippen LogP) is -8.05. The van der Waals surface area contributed by atoms with Crippen LogP contribution in [0.3, 0.4) is 0 Å². The van der Waals surface area contributed by atoms with Gasteiger partial charge in [-0.05, 0) is 0 Å². The van der Waals surface area contributed by atoms with Gasteiger partial charge in [-0.2, -0.15) is 0 Å². The number of carboxylic acids is 4. The first-order valence-corrected chi connectivity index (χ1v) is 6.02. The Labute approximate surface area is 165 Å². The van der Waals surface area contributed by atoms with Crippen molar-refractivity contribution in [3.8, 4) is 0 Å². The van der Waals surface area contributed by atoms with Crippen molar-refractivity contribution in [2.45, 2.75) is 6.10 Å². The molecule has 13 heteroatoms. The topological polar surface area (TPSA) is 187 Å². The number of aliphatic hydroxyl groups excluding tert-OH is 1. The zero-order chi connectivity index (χ0) is 17.3. The molecule has 0 saturated heterocycles. The number of rotatable bonds is 12. The second-order valence-corrected chi connectivity index (χ2v) is 4.48. The Kier molecular flexibility index (Phi) is 16.9. The van der Waals surface area contributed by atoms with E-state index in [-0.39, 0.29) is 42.1 Å². The molecule has 0 radical (unpaired) electrons. The average molecular weight is 708 g/mol. The van der Waals surface area contributed by atoms with Crippen LogP contribution in [-0.2, 0) is 61.3 Å². The fourth-order valence-corrected chi connectivity index (χ4v) is 1.75. The summed E-state index contributed by atoms with van der Waals surface area (Å²) in [6, 6.07) is 0. The van der Waals surface area contributed by atoms with Gasteiger partial charge >= 0.3 is 42.1 Å². The zero-order valence-electron chi connectivity index (χ0n) is 12.1. The average Bonchev–Trinajstić information content (AvgIpc) is 2.23. The first-order valence-electron chi connectivity index (χ1n) is 6.02. The molecule has 0 bridgehead atoms. The van der Waals surface area contributed by atoms with Gasteiger partial charge in [-0.3, -0.25) is 9.80 Å². The largest absolute Gasteiger partial charge is 2.00 e. The van der Waals surface area contributed by atoms with Gasteiger partial charge in [-0.1, -0.05) is 0 Å². The number of aliphatic hydroxyl groups is 1. The van der Waals surface area contributed by atoms with Crippen molar-refractivity contribution in [3.63, 3.8) is 0 Å². The summed E-state index contributed by atoms with van der Waals surface area (Å²) in [7, 11) is 0. The van der Waals surface area contributed by atoms with E-state index in [0.29, 0.717) is 0 Å². The first-order chi connectivity index (χ1) is 10.1. The third-order valence-corrected chi connectivity index (χ3v) is 2.35. The number of hydrogen-bond acceptors (Lipinski definition) is 11. The maximum absolute atomic E-state index is 10.5. The minimum atomic E-state index is -1.59. The third-order valence-electron chi connectivity index (χ3n) is 2.35. The maximum atomic E-state index is 10.5. The van der Waals surface area contributed by atoms with E-state index in [9.17, 15) is 44.7 Å². The Morgan fingerprint density at radius 1 is 0.667 bits per heavy atom. The number of hydrogen-bond donors (Lipinski definition) is 1. The van der Waals surface area contributed by atoms with Crippen molar-refractivity contribution in [1.29, 1.82) is 0 Å². The molecule has 0 aliphatic rings. The monoisotopic (exact) mass is 708 g/mol. The Morgan fingerprint density at radius 3 is 1.04 bits per heavy atom. The van der Waals surface area contributed by atoms with Crippen molar-refractivity contribution in [1.82, 2.24) is 9.80 Å². The molecule has 0 aromatic carbocycles. The van der Waals surface area contributed by atoms with Crippen LogP contribution in [0.2, 0.25) is 0 Å². The summed E-state index contributed by atoms with van der Waals surface area (Å²) in [6.07, 6.45) is -1.42. The third kappa shape index (κ3) is 16.0. The minimum Gasteiger partial charge on any atom is -0.549 e. The molecule has 0 aromatic heterocycles. The van der Waals surface area contributed by atoms with E-state index in [1.807, 2.05) is 0 Å². The molecule has 0 fully saturated rings. The molecule has 0 spiro atoms. The second kappa shape index (κ2) is 14.5. The number of carbonyl (C=O) groups is 4. The van der Waals surface area contributed by atoms with Crippen molar-refractivity contribution in [2.75, 3.05) is 39.3 Å². The van der Waals surface area contributed by atoms with Crippen LogP contribution < -0.4 is 20.4 Å². The molecule has 24 heavy (non-hydrogen) atoms. The summed E-state index contributed by atoms with van der Waals surface area (Å²) in [6.45, 7) is -4.15. The Morgan fingerprint density at radius 2 is 0.875 bits per heavy atom. The molecule has 0 amide bonds.